The molecule has 8 heteroatoms. The molecule has 0 aliphatic rings. The molecule has 0 aliphatic heterocycles. The minimum atomic E-state index is -0.517. The van der Waals surface area contributed by atoms with Crippen molar-refractivity contribution in [2.45, 2.75) is 13.8 Å². The van der Waals surface area contributed by atoms with Crippen LogP contribution < -0.4 is 11.1 Å². The summed E-state index contributed by atoms with van der Waals surface area (Å²) in [5.74, 6) is -0.292. The maximum Gasteiger partial charge on any atom is 0.292 e. The Bertz CT molecular complexity index is 523. The van der Waals surface area contributed by atoms with Gasteiger partial charge in [-0.1, -0.05) is 26.0 Å². The van der Waals surface area contributed by atoms with Crippen LogP contribution in [0.2, 0.25) is 0 Å². The van der Waals surface area contributed by atoms with Gasteiger partial charge < -0.3 is 11.1 Å². The number of benzene rings is 1. The smallest absolute Gasteiger partial charge is 0.292 e. The number of nitrogens with zero attached hydrogens (tertiary/aromatic N) is 2. The molecule has 0 saturated carbocycles. The van der Waals surface area contributed by atoms with Gasteiger partial charge in [0.05, 0.1) is 11.5 Å². The Kier molecular flexibility index (Phi) is 8.00. The number of rotatable bonds is 7. The lowest BCUT2D eigenvalue weighted by Gasteiger charge is -2.28. The van der Waals surface area contributed by atoms with Gasteiger partial charge in [-0.2, -0.15) is 0 Å². The number of likely N-dealkylation sites (N-methyl/N-ethyl adjacent to an activating group) is 1. The summed E-state index contributed by atoms with van der Waals surface area (Å²) < 4.78 is 0. The number of hydrogen-bond acceptors (Lipinski definition) is 5. The van der Waals surface area contributed by atoms with Gasteiger partial charge in [-0.15, -0.1) is 12.4 Å². The number of anilines is 1. The largest absolute Gasteiger partial charge is 0.330 e. The molecule has 0 saturated heterocycles. The van der Waals surface area contributed by atoms with Gasteiger partial charge in [0, 0.05) is 12.6 Å². The van der Waals surface area contributed by atoms with E-state index in [1.807, 2.05) is 25.8 Å². The number of carbonyl (C=O) groups is 1. The van der Waals surface area contributed by atoms with Crippen molar-refractivity contribution >= 4 is 29.7 Å². The Hall–Kier alpha value is -1.70. The zero-order valence-electron chi connectivity index (χ0n) is 13.0. The van der Waals surface area contributed by atoms with E-state index in [2.05, 4.69) is 5.32 Å². The number of hydrogen-bond donors (Lipinski definition) is 2. The molecular formula is C14H23ClN4O3. The van der Waals surface area contributed by atoms with Gasteiger partial charge in [-0.25, -0.2) is 0 Å². The zero-order valence-corrected chi connectivity index (χ0v) is 13.9. The molecule has 0 heterocycles. The van der Waals surface area contributed by atoms with Crippen LogP contribution in [0.3, 0.4) is 0 Å². The molecule has 0 spiro atoms. The van der Waals surface area contributed by atoms with Gasteiger partial charge in [0.25, 0.3) is 5.69 Å². The fourth-order valence-electron chi connectivity index (χ4n) is 2.02. The summed E-state index contributed by atoms with van der Waals surface area (Å²) in [5, 5.41) is 13.5. The van der Waals surface area contributed by atoms with Gasteiger partial charge in [0.15, 0.2) is 0 Å². The first kappa shape index (κ1) is 20.3. The molecule has 0 radical (unpaired) electrons. The Labute approximate surface area is 136 Å². The van der Waals surface area contributed by atoms with E-state index in [-0.39, 0.29) is 41.6 Å². The number of para-hydroxylation sites is 2. The molecule has 1 aromatic rings. The molecule has 0 unspecified atom stereocenters. The second-order valence-corrected chi connectivity index (χ2v) is 5.86. The van der Waals surface area contributed by atoms with Crippen LogP contribution in [0.4, 0.5) is 11.4 Å². The minimum Gasteiger partial charge on any atom is -0.330 e. The van der Waals surface area contributed by atoms with Crippen molar-refractivity contribution in [1.29, 1.82) is 0 Å². The van der Waals surface area contributed by atoms with Gasteiger partial charge in [-0.3, -0.25) is 19.8 Å². The average molecular weight is 331 g/mol. The molecule has 0 aliphatic carbocycles. The molecule has 124 valence electrons. The van der Waals surface area contributed by atoms with Gasteiger partial charge in [0.1, 0.15) is 5.69 Å². The first-order chi connectivity index (χ1) is 9.75. The van der Waals surface area contributed by atoms with E-state index in [4.69, 9.17) is 5.73 Å². The monoisotopic (exact) mass is 330 g/mol. The van der Waals surface area contributed by atoms with E-state index in [0.717, 1.165) is 0 Å². The van der Waals surface area contributed by atoms with Crippen LogP contribution in [0.5, 0.6) is 0 Å². The molecule has 0 fully saturated rings. The summed E-state index contributed by atoms with van der Waals surface area (Å²) in [5.41, 5.74) is 5.66. The van der Waals surface area contributed by atoms with Gasteiger partial charge in [0.2, 0.25) is 5.91 Å². The molecule has 1 rings (SSSR count). The maximum atomic E-state index is 12.0. The van der Waals surface area contributed by atoms with Crippen LogP contribution in [0.1, 0.15) is 13.8 Å². The minimum absolute atomic E-state index is 0. The number of carbonyl (C=O) groups excluding carboxylic acids is 1. The fraction of sp³-hybridized carbons (Fsp3) is 0.500. The third kappa shape index (κ3) is 6.38. The van der Waals surface area contributed by atoms with Crippen LogP contribution in [-0.2, 0) is 4.79 Å². The van der Waals surface area contributed by atoms with Crippen LogP contribution >= 0.6 is 12.4 Å². The third-order valence-electron chi connectivity index (χ3n) is 3.04. The van der Waals surface area contributed by atoms with Crippen molar-refractivity contribution in [2.24, 2.45) is 11.1 Å². The Balaban J connectivity index is 0.00000441. The molecular weight excluding hydrogens is 308 g/mol. The Morgan fingerprint density at radius 3 is 2.55 bits per heavy atom. The number of nitro benzene ring substituents is 1. The van der Waals surface area contributed by atoms with Crippen molar-refractivity contribution in [3.63, 3.8) is 0 Å². The summed E-state index contributed by atoms with van der Waals surface area (Å²) in [4.78, 5) is 24.2. The molecule has 22 heavy (non-hydrogen) atoms. The van der Waals surface area contributed by atoms with E-state index in [0.29, 0.717) is 13.1 Å². The quantitative estimate of drug-likeness (QED) is 0.587. The van der Waals surface area contributed by atoms with Crippen molar-refractivity contribution in [1.82, 2.24) is 4.90 Å². The first-order valence-electron chi connectivity index (χ1n) is 6.67. The van der Waals surface area contributed by atoms with E-state index < -0.39 is 4.92 Å². The molecule has 3 N–H and O–H groups in total. The standard InChI is InChI=1S/C14H22N4O3.ClH/c1-14(2,9-15)10-17(3)8-13(19)16-11-6-4-5-7-12(11)18(20)21;/h4-7H,8-10,15H2,1-3H3,(H,16,19);1H. The van der Waals surface area contributed by atoms with Crippen LogP contribution in [0, 0.1) is 15.5 Å². The van der Waals surface area contributed by atoms with E-state index >= 15 is 0 Å². The summed E-state index contributed by atoms with van der Waals surface area (Å²) in [6.07, 6.45) is 0. The number of nitrogens with one attached hydrogen (secondary N) is 1. The van der Waals surface area contributed by atoms with Crippen LogP contribution in [-0.4, -0.2) is 42.4 Å². The van der Waals surface area contributed by atoms with Crippen LogP contribution in [0.15, 0.2) is 24.3 Å². The summed E-state index contributed by atoms with van der Waals surface area (Å²) >= 11 is 0. The highest BCUT2D eigenvalue weighted by Crippen LogP contribution is 2.23. The molecule has 0 bridgehead atoms. The normalized spacial score (nSPS) is 11.0. The Morgan fingerprint density at radius 1 is 1.41 bits per heavy atom. The fourth-order valence-corrected chi connectivity index (χ4v) is 2.02. The highest BCUT2D eigenvalue weighted by molar-refractivity contribution is 5.94. The molecule has 7 nitrogen and oxygen atoms in total. The number of amides is 1. The van der Waals surface area contributed by atoms with Gasteiger partial charge in [-0.05, 0) is 25.1 Å². The topological polar surface area (TPSA) is 102 Å². The van der Waals surface area contributed by atoms with Gasteiger partial charge >= 0.3 is 0 Å². The molecule has 0 aromatic heterocycles. The van der Waals surface area contributed by atoms with Crippen molar-refractivity contribution in [3.8, 4) is 0 Å². The maximum absolute atomic E-state index is 12.0. The van der Waals surface area contributed by atoms with E-state index in [1.54, 1.807) is 12.1 Å². The second kappa shape index (κ2) is 8.67. The molecule has 0 atom stereocenters. The predicted molar refractivity (Wildman–Crippen MR) is 89.3 cm³/mol. The van der Waals surface area contributed by atoms with Crippen molar-refractivity contribution in [2.75, 3.05) is 32.0 Å². The van der Waals surface area contributed by atoms with Crippen molar-refractivity contribution in [3.05, 3.63) is 34.4 Å². The van der Waals surface area contributed by atoms with Crippen LogP contribution in [0.25, 0.3) is 0 Å². The number of nitrogens with two attached hydrogens (primary N) is 1. The summed E-state index contributed by atoms with van der Waals surface area (Å²) in [6.45, 7) is 5.36. The lowest BCUT2D eigenvalue weighted by molar-refractivity contribution is -0.383. The zero-order chi connectivity index (χ0) is 16.0. The SMILES string of the molecule is CN(CC(=O)Nc1ccccc1[N+](=O)[O-])CC(C)(C)CN.Cl. The lowest BCUT2D eigenvalue weighted by atomic mass is 9.93. The third-order valence-corrected chi connectivity index (χ3v) is 3.04. The van der Waals surface area contributed by atoms with E-state index in [1.165, 1.54) is 12.1 Å². The first-order valence-corrected chi connectivity index (χ1v) is 6.67. The lowest BCUT2D eigenvalue weighted by Crippen LogP contribution is -2.40. The molecule has 1 aromatic carbocycles. The van der Waals surface area contributed by atoms with Crippen molar-refractivity contribution < 1.29 is 9.72 Å². The van der Waals surface area contributed by atoms with E-state index in [9.17, 15) is 14.9 Å². The predicted octanol–water partition coefficient (Wildman–Crippen LogP) is 1.87. The number of halogens is 1. The average Bonchev–Trinajstić information content (AvgIpc) is 2.38. The summed E-state index contributed by atoms with van der Waals surface area (Å²) in [6, 6.07) is 6.07. The highest BCUT2D eigenvalue weighted by atomic mass is 35.5. The summed E-state index contributed by atoms with van der Waals surface area (Å²) in [7, 11) is 1.82. The second-order valence-electron chi connectivity index (χ2n) is 5.86. The Morgan fingerprint density at radius 2 is 2.00 bits per heavy atom. The highest BCUT2D eigenvalue weighted by Gasteiger charge is 2.20. The molecule has 1 amide bonds. The number of nitro groups is 1.